The number of rotatable bonds is 6. The molecule has 3 atom stereocenters. The highest BCUT2D eigenvalue weighted by Gasteiger charge is 2.48. The number of methoxy groups -OCH3 is 1. The lowest BCUT2D eigenvalue weighted by atomic mass is 9.68. The zero-order valence-electron chi connectivity index (χ0n) is 19.7. The van der Waals surface area contributed by atoms with Gasteiger partial charge in [-0.05, 0) is 35.7 Å². The molecule has 30 heavy (non-hydrogen) atoms. The number of ether oxygens (including phenoxy) is 1. The molecule has 0 heterocycles. The van der Waals surface area contributed by atoms with E-state index in [1.165, 1.54) is 7.11 Å². The SMILES string of the molecule is COC(=O)N(Cc1ccccc1)[C@H]1C=C(O[Si](C)(C)C(C)(C)C)C[C@H](C)[C@@]1(C)C=O. The van der Waals surface area contributed by atoms with Crippen LogP contribution in [0.15, 0.2) is 42.2 Å². The molecule has 1 amide bonds. The molecule has 1 aromatic carbocycles. The van der Waals surface area contributed by atoms with Crippen molar-refractivity contribution in [1.82, 2.24) is 4.90 Å². The van der Waals surface area contributed by atoms with E-state index in [1.807, 2.05) is 43.3 Å². The molecule has 0 radical (unpaired) electrons. The van der Waals surface area contributed by atoms with E-state index in [0.29, 0.717) is 13.0 Å². The van der Waals surface area contributed by atoms with E-state index < -0.39 is 25.9 Å². The van der Waals surface area contributed by atoms with E-state index in [1.54, 1.807) is 4.90 Å². The fourth-order valence-corrected chi connectivity index (χ4v) is 4.69. The van der Waals surface area contributed by atoms with Crippen molar-refractivity contribution in [3.05, 3.63) is 47.7 Å². The highest BCUT2D eigenvalue weighted by Crippen LogP contribution is 2.45. The van der Waals surface area contributed by atoms with Crippen LogP contribution in [0.2, 0.25) is 18.1 Å². The van der Waals surface area contributed by atoms with Crippen LogP contribution in [0.25, 0.3) is 0 Å². The summed E-state index contributed by atoms with van der Waals surface area (Å²) in [5.74, 6) is 0.896. The van der Waals surface area contributed by atoms with Crippen LogP contribution in [0.4, 0.5) is 4.79 Å². The molecule has 0 fully saturated rings. The van der Waals surface area contributed by atoms with Gasteiger partial charge in [-0.1, -0.05) is 65.0 Å². The van der Waals surface area contributed by atoms with Gasteiger partial charge in [-0.2, -0.15) is 0 Å². The van der Waals surface area contributed by atoms with Gasteiger partial charge in [0.2, 0.25) is 8.32 Å². The molecule has 5 nitrogen and oxygen atoms in total. The fourth-order valence-electron chi connectivity index (χ4n) is 3.58. The van der Waals surface area contributed by atoms with Crippen LogP contribution in [-0.4, -0.2) is 38.7 Å². The van der Waals surface area contributed by atoms with Gasteiger partial charge in [-0.25, -0.2) is 4.79 Å². The molecule has 0 N–H and O–H groups in total. The van der Waals surface area contributed by atoms with Gasteiger partial charge in [0.15, 0.2) is 0 Å². The van der Waals surface area contributed by atoms with E-state index in [9.17, 15) is 9.59 Å². The molecule has 0 aliphatic heterocycles. The van der Waals surface area contributed by atoms with E-state index in [-0.39, 0.29) is 11.0 Å². The van der Waals surface area contributed by atoms with Crippen LogP contribution in [0, 0.1) is 11.3 Å². The Labute approximate surface area is 182 Å². The highest BCUT2D eigenvalue weighted by molar-refractivity contribution is 6.74. The fraction of sp³-hybridized carbons (Fsp3) is 0.583. The Kier molecular flexibility index (Phi) is 7.23. The number of carbonyl (C=O) groups is 2. The molecule has 1 aliphatic rings. The predicted octanol–water partition coefficient (Wildman–Crippen LogP) is 5.77. The van der Waals surface area contributed by atoms with Gasteiger partial charge < -0.3 is 14.0 Å². The van der Waals surface area contributed by atoms with Crippen LogP contribution in [0.1, 0.15) is 46.6 Å². The molecule has 0 bridgehead atoms. The molecule has 0 saturated carbocycles. The third kappa shape index (κ3) is 4.97. The Hall–Kier alpha value is -2.08. The predicted molar refractivity (Wildman–Crippen MR) is 122 cm³/mol. The average molecular weight is 432 g/mol. The van der Waals surface area contributed by atoms with Crippen molar-refractivity contribution < 1.29 is 18.8 Å². The van der Waals surface area contributed by atoms with Crippen molar-refractivity contribution in [2.24, 2.45) is 11.3 Å². The summed E-state index contributed by atoms with van der Waals surface area (Å²) < 4.78 is 11.7. The van der Waals surface area contributed by atoms with Crippen LogP contribution in [-0.2, 0) is 20.5 Å². The monoisotopic (exact) mass is 431 g/mol. The Morgan fingerprint density at radius 1 is 1.27 bits per heavy atom. The number of nitrogens with zero attached hydrogens (tertiary/aromatic N) is 1. The van der Waals surface area contributed by atoms with E-state index in [4.69, 9.17) is 9.16 Å². The number of hydrogen-bond acceptors (Lipinski definition) is 4. The summed E-state index contributed by atoms with van der Waals surface area (Å²) in [7, 11) is -0.667. The number of allylic oxidation sites excluding steroid dienone is 1. The second-order valence-electron chi connectivity index (χ2n) is 10.1. The molecule has 166 valence electrons. The molecule has 1 aromatic rings. The zero-order chi connectivity index (χ0) is 22.7. The topological polar surface area (TPSA) is 55.8 Å². The van der Waals surface area contributed by atoms with Gasteiger partial charge in [0.1, 0.15) is 6.29 Å². The lowest BCUT2D eigenvalue weighted by Crippen LogP contribution is -2.54. The summed E-state index contributed by atoms with van der Waals surface area (Å²) in [6.07, 6.45) is 3.20. The van der Waals surface area contributed by atoms with Gasteiger partial charge in [-0.15, -0.1) is 0 Å². The molecule has 2 rings (SSSR count). The summed E-state index contributed by atoms with van der Waals surface area (Å²) in [5.41, 5.74) is 0.248. The Balaban J connectivity index is 2.50. The number of amides is 1. The van der Waals surface area contributed by atoms with Crippen LogP contribution < -0.4 is 0 Å². The summed E-state index contributed by atoms with van der Waals surface area (Å²) in [6, 6.07) is 9.31. The molecule has 0 saturated heterocycles. The minimum absolute atomic E-state index is 0.0210. The number of aldehydes is 1. The van der Waals surface area contributed by atoms with Crippen molar-refractivity contribution in [2.75, 3.05) is 7.11 Å². The third-order valence-electron chi connectivity index (χ3n) is 6.94. The van der Waals surface area contributed by atoms with Crippen LogP contribution in [0.5, 0.6) is 0 Å². The van der Waals surface area contributed by atoms with Crippen molar-refractivity contribution >= 4 is 20.7 Å². The quantitative estimate of drug-likeness (QED) is 0.423. The maximum absolute atomic E-state index is 12.8. The van der Waals surface area contributed by atoms with E-state index in [0.717, 1.165) is 17.6 Å². The number of benzene rings is 1. The van der Waals surface area contributed by atoms with Crippen molar-refractivity contribution in [1.29, 1.82) is 0 Å². The van der Waals surface area contributed by atoms with Crippen molar-refractivity contribution in [3.8, 4) is 0 Å². The first-order chi connectivity index (χ1) is 13.9. The highest BCUT2D eigenvalue weighted by atomic mass is 28.4. The maximum Gasteiger partial charge on any atom is 0.410 e. The lowest BCUT2D eigenvalue weighted by molar-refractivity contribution is -0.121. The largest absolute Gasteiger partial charge is 0.547 e. The molecule has 1 aliphatic carbocycles. The summed E-state index contributed by atoms with van der Waals surface area (Å²) in [6.45, 7) is 15.4. The van der Waals surface area contributed by atoms with Gasteiger partial charge >= 0.3 is 6.09 Å². The molecule has 6 heteroatoms. The number of hydrogen-bond donors (Lipinski definition) is 0. The second kappa shape index (κ2) is 8.96. The number of carbonyl (C=O) groups excluding carboxylic acids is 2. The van der Waals surface area contributed by atoms with E-state index >= 15 is 0 Å². The first-order valence-electron chi connectivity index (χ1n) is 10.6. The summed E-state index contributed by atoms with van der Waals surface area (Å²) in [5, 5.41) is 0.0596. The minimum Gasteiger partial charge on any atom is -0.547 e. The molecule has 0 aromatic heterocycles. The van der Waals surface area contributed by atoms with Crippen molar-refractivity contribution in [2.45, 2.75) is 71.8 Å². The van der Waals surface area contributed by atoms with Gasteiger partial charge in [-0.3, -0.25) is 4.90 Å². The Morgan fingerprint density at radius 2 is 1.87 bits per heavy atom. The standard InChI is InChI=1S/C24H37NO4Si/c1-18-14-20(29-30(7,8)23(2,3)4)15-21(24(18,5)17-26)25(22(27)28-6)16-19-12-10-9-11-13-19/h9-13,15,17-18,21H,14,16H2,1-8H3/t18-,21-,24+/m0/s1. The van der Waals surface area contributed by atoms with Crippen molar-refractivity contribution in [3.63, 3.8) is 0 Å². The van der Waals surface area contributed by atoms with Gasteiger partial charge in [0.25, 0.3) is 0 Å². The molecule has 0 unspecified atom stereocenters. The first kappa shape index (κ1) is 24.2. The Morgan fingerprint density at radius 3 is 2.37 bits per heavy atom. The lowest BCUT2D eigenvalue weighted by Gasteiger charge is -2.47. The van der Waals surface area contributed by atoms with Crippen LogP contribution in [0.3, 0.4) is 0 Å². The zero-order valence-corrected chi connectivity index (χ0v) is 20.7. The second-order valence-corrected chi connectivity index (χ2v) is 14.8. The molecular weight excluding hydrogens is 394 g/mol. The third-order valence-corrected chi connectivity index (χ3v) is 11.3. The van der Waals surface area contributed by atoms with Gasteiger partial charge in [0, 0.05) is 13.0 Å². The maximum atomic E-state index is 12.8. The first-order valence-corrected chi connectivity index (χ1v) is 13.5. The van der Waals surface area contributed by atoms with Gasteiger partial charge in [0.05, 0.1) is 24.3 Å². The molecule has 0 spiro atoms. The van der Waals surface area contributed by atoms with E-state index in [2.05, 4.69) is 40.8 Å². The average Bonchev–Trinajstić information content (AvgIpc) is 2.68. The normalized spacial score (nSPS) is 24.6. The summed E-state index contributed by atoms with van der Waals surface area (Å²) in [4.78, 5) is 26.7. The summed E-state index contributed by atoms with van der Waals surface area (Å²) >= 11 is 0. The Bertz CT molecular complexity index is 784. The van der Waals surface area contributed by atoms with Crippen LogP contribution >= 0.6 is 0 Å². The minimum atomic E-state index is -2.04. The smallest absolute Gasteiger partial charge is 0.410 e. The molecular formula is C24H37NO4Si.